The summed E-state index contributed by atoms with van der Waals surface area (Å²) in [5.74, 6) is 1.94. The number of rotatable bonds is 4. The Kier molecular flexibility index (Phi) is 4.24. The number of nitrogens with zero attached hydrogens (tertiary/aromatic N) is 2. The van der Waals surface area contributed by atoms with Gasteiger partial charge in [-0.25, -0.2) is 4.98 Å². The zero-order chi connectivity index (χ0) is 15.5. The summed E-state index contributed by atoms with van der Waals surface area (Å²) in [6.07, 6.45) is 1.03. The third kappa shape index (κ3) is 3.20. The number of aromatic nitrogens is 2. The highest BCUT2D eigenvalue weighted by Gasteiger charge is 2.25. The molecule has 0 aliphatic carbocycles. The number of benzene rings is 1. The maximum absolute atomic E-state index is 11.6. The van der Waals surface area contributed by atoms with E-state index in [1.54, 1.807) is 13.2 Å². The van der Waals surface area contributed by atoms with Crippen LogP contribution in [-0.4, -0.2) is 35.1 Å². The van der Waals surface area contributed by atoms with Crippen molar-refractivity contribution in [2.24, 2.45) is 0 Å². The number of ether oxygens (including phenoxy) is 1. The number of aromatic amines is 1. The maximum Gasteiger partial charge on any atom is 0.251 e. The average molecular weight is 299 g/mol. The SMILES string of the molecule is COc1ccccc1CN1CC[C@H](c2cc(=O)[nH]c(C)n2)C1. The van der Waals surface area contributed by atoms with Crippen molar-refractivity contribution in [3.8, 4) is 5.75 Å². The van der Waals surface area contributed by atoms with E-state index in [1.165, 1.54) is 5.56 Å². The molecular weight excluding hydrogens is 278 g/mol. The van der Waals surface area contributed by atoms with Gasteiger partial charge < -0.3 is 9.72 Å². The minimum Gasteiger partial charge on any atom is -0.496 e. The summed E-state index contributed by atoms with van der Waals surface area (Å²) in [7, 11) is 1.70. The van der Waals surface area contributed by atoms with Gasteiger partial charge in [0.2, 0.25) is 0 Å². The van der Waals surface area contributed by atoms with Gasteiger partial charge in [-0.1, -0.05) is 18.2 Å². The highest BCUT2D eigenvalue weighted by molar-refractivity contribution is 5.33. The third-order valence-corrected chi connectivity index (χ3v) is 4.16. The number of hydrogen-bond acceptors (Lipinski definition) is 4. The lowest BCUT2D eigenvalue weighted by Gasteiger charge is -2.17. The van der Waals surface area contributed by atoms with Gasteiger partial charge in [-0.3, -0.25) is 9.69 Å². The first-order valence-electron chi connectivity index (χ1n) is 7.58. The van der Waals surface area contributed by atoms with Crippen LogP contribution in [-0.2, 0) is 6.54 Å². The Hall–Kier alpha value is -2.14. The zero-order valence-corrected chi connectivity index (χ0v) is 13.0. The number of para-hydroxylation sites is 1. The van der Waals surface area contributed by atoms with Crippen LogP contribution in [0.2, 0.25) is 0 Å². The number of nitrogens with one attached hydrogen (secondary N) is 1. The van der Waals surface area contributed by atoms with Crippen molar-refractivity contribution in [2.45, 2.75) is 25.8 Å². The summed E-state index contributed by atoms with van der Waals surface area (Å²) in [5, 5.41) is 0. The van der Waals surface area contributed by atoms with Crippen LogP contribution in [0.5, 0.6) is 5.75 Å². The van der Waals surface area contributed by atoms with E-state index in [2.05, 4.69) is 20.9 Å². The van der Waals surface area contributed by atoms with Crippen LogP contribution < -0.4 is 10.3 Å². The van der Waals surface area contributed by atoms with Crippen LogP contribution >= 0.6 is 0 Å². The van der Waals surface area contributed by atoms with Crippen molar-refractivity contribution < 1.29 is 4.74 Å². The molecule has 1 saturated heterocycles. The highest BCUT2D eigenvalue weighted by Crippen LogP contribution is 2.28. The molecule has 0 saturated carbocycles. The van der Waals surface area contributed by atoms with Gasteiger partial charge in [0.05, 0.1) is 12.8 Å². The van der Waals surface area contributed by atoms with Gasteiger partial charge >= 0.3 is 0 Å². The molecule has 1 fully saturated rings. The maximum atomic E-state index is 11.6. The number of hydrogen-bond donors (Lipinski definition) is 1. The molecule has 5 heteroatoms. The van der Waals surface area contributed by atoms with Crippen LogP contribution in [0.1, 0.15) is 29.4 Å². The Morgan fingerprint density at radius 1 is 1.41 bits per heavy atom. The molecule has 1 aromatic carbocycles. The van der Waals surface area contributed by atoms with Gasteiger partial charge in [-0.05, 0) is 26.0 Å². The summed E-state index contributed by atoms with van der Waals surface area (Å²) >= 11 is 0. The molecule has 2 aromatic rings. The topological polar surface area (TPSA) is 58.2 Å². The molecule has 116 valence electrons. The van der Waals surface area contributed by atoms with Gasteiger partial charge in [0.1, 0.15) is 11.6 Å². The number of likely N-dealkylation sites (tertiary alicyclic amines) is 1. The predicted molar refractivity (Wildman–Crippen MR) is 85.2 cm³/mol. The lowest BCUT2D eigenvalue weighted by atomic mass is 10.0. The fraction of sp³-hybridized carbons (Fsp3) is 0.412. The lowest BCUT2D eigenvalue weighted by Crippen LogP contribution is -2.21. The Labute approximate surface area is 130 Å². The van der Waals surface area contributed by atoms with Gasteiger partial charge in [-0.15, -0.1) is 0 Å². The Morgan fingerprint density at radius 2 is 2.23 bits per heavy atom. The third-order valence-electron chi connectivity index (χ3n) is 4.16. The Morgan fingerprint density at radius 3 is 3.00 bits per heavy atom. The van der Waals surface area contributed by atoms with E-state index in [0.29, 0.717) is 11.7 Å². The molecule has 1 aromatic heterocycles. The molecule has 3 rings (SSSR count). The average Bonchev–Trinajstić information content (AvgIpc) is 2.95. The first kappa shape index (κ1) is 14.8. The van der Waals surface area contributed by atoms with E-state index in [4.69, 9.17) is 4.74 Å². The van der Waals surface area contributed by atoms with E-state index in [1.807, 2.05) is 25.1 Å². The minimum atomic E-state index is -0.0642. The summed E-state index contributed by atoms with van der Waals surface area (Å²) in [4.78, 5) is 21.2. The fourth-order valence-electron chi connectivity index (χ4n) is 3.10. The van der Waals surface area contributed by atoms with Gasteiger partial charge in [-0.2, -0.15) is 0 Å². The fourth-order valence-corrected chi connectivity index (χ4v) is 3.10. The first-order chi connectivity index (χ1) is 10.7. The second-order valence-corrected chi connectivity index (χ2v) is 5.79. The molecule has 0 bridgehead atoms. The van der Waals surface area contributed by atoms with E-state index in [-0.39, 0.29) is 5.56 Å². The molecule has 2 heterocycles. The summed E-state index contributed by atoms with van der Waals surface area (Å²) in [6, 6.07) is 9.74. The molecule has 0 amide bonds. The van der Waals surface area contributed by atoms with Gasteiger partial charge in [0, 0.05) is 30.6 Å². The normalized spacial score (nSPS) is 18.5. The molecule has 1 aliphatic rings. The first-order valence-corrected chi connectivity index (χ1v) is 7.58. The van der Waals surface area contributed by atoms with E-state index in [9.17, 15) is 4.79 Å². The van der Waals surface area contributed by atoms with Crippen molar-refractivity contribution in [3.63, 3.8) is 0 Å². The summed E-state index contributed by atoms with van der Waals surface area (Å²) < 4.78 is 5.41. The quantitative estimate of drug-likeness (QED) is 0.939. The summed E-state index contributed by atoms with van der Waals surface area (Å²) in [6.45, 7) is 4.62. The molecule has 1 atom stereocenters. The van der Waals surface area contributed by atoms with Crippen LogP contribution in [0.3, 0.4) is 0 Å². The van der Waals surface area contributed by atoms with E-state index >= 15 is 0 Å². The molecule has 22 heavy (non-hydrogen) atoms. The van der Waals surface area contributed by atoms with Crippen LogP contribution in [0.25, 0.3) is 0 Å². The predicted octanol–water partition coefficient (Wildman–Crippen LogP) is 2.08. The van der Waals surface area contributed by atoms with Crippen molar-refractivity contribution in [1.29, 1.82) is 0 Å². The summed E-state index contributed by atoms with van der Waals surface area (Å²) in [5.41, 5.74) is 2.04. The molecule has 1 N–H and O–H groups in total. The van der Waals surface area contributed by atoms with Gasteiger partial charge in [0.25, 0.3) is 5.56 Å². The zero-order valence-electron chi connectivity index (χ0n) is 13.0. The molecule has 0 radical (unpaired) electrons. The molecule has 0 unspecified atom stereocenters. The molecule has 0 spiro atoms. The monoisotopic (exact) mass is 299 g/mol. The number of H-pyrrole nitrogens is 1. The van der Waals surface area contributed by atoms with Crippen molar-refractivity contribution in [2.75, 3.05) is 20.2 Å². The van der Waals surface area contributed by atoms with E-state index < -0.39 is 0 Å². The molecule has 5 nitrogen and oxygen atoms in total. The van der Waals surface area contributed by atoms with Crippen molar-refractivity contribution >= 4 is 0 Å². The van der Waals surface area contributed by atoms with E-state index in [0.717, 1.165) is 37.5 Å². The molecule has 1 aliphatic heterocycles. The Balaban J connectivity index is 1.71. The van der Waals surface area contributed by atoms with Gasteiger partial charge in [0.15, 0.2) is 0 Å². The second kappa shape index (κ2) is 6.32. The number of methoxy groups -OCH3 is 1. The highest BCUT2D eigenvalue weighted by atomic mass is 16.5. The minimum absolute atomic E-state index is 0.0642. The lowest BCUT2D eigenvalue weighted by molar-refractivity contribution is 0.316. The second-order valence-electron chi connectivity index (χ2n) is 5.79. The standard InChI is InChI=1S/C17H21N3O2/c1-12-18-15(9-17(21)19-12)13-7-8-20(10-13)11-14-5-3-4-6-16(14)22-2/h3-6,9,13H,7-8,10-11H2,1-2H3,(H,18,19,21)/t13-/m0/s1. The van der Waals surface area contributed by atoms with Crippen LogP contribution in [0.15, 0.2) is 35.1 Å². The van der Waals surface area contributed by atoms with Crippen LogP contribution in [0.4, 0.5) is 0 Å². The van der Waals surface area contributed by atoms with Crippen molar-refractivity contribution in [3.05, 3.63) is 57.8 Å². The number of aryl methyl sites for hydroxylation is 1. The largest absolute Gasteiger partial charge is 0.496 e. The van der Waals surface area contributed by atoms with Crippen molar-refractivity contribution in [1.82, 2.24) is 14.9 Å². The molecular formula is C17H21N3O2. The van der Waals surface area contributed by atoms with Crippen LogP contribution in [0, 0.1) is 6.92 Å². The smallest absolute Gasteiger partial charge is 0.251 e. The Bertz CT molecular complexity index is 711.